The molecule has 0 atom stereocenters. The van der Waals surface area contributed by atoms with E-state index in [1.165, 1.54) is 22.7 Å². The number of nitrogens with zero attached hydrogens (tertiary/aromatic N) is 4. The summed E-state index contributed by atoms with van der Waals surface area (Å²) < 4.78 is 2.33. The fraction of sp³-hybridized carbons (Fsp3) is 0.158. The van der Waals surface area contributed by atoms with Crippen molar-refractivity contribution in [2.75, 3.05) is 10.6 Å². The van der Waals surface area contributed by atoms with Crippen molar-refractivity contribution in [3.8, 4) is 10.6 Å². The molecule has 12 heteroatoms. The second-order valence-corrected chi connectivity index (χ2v) is 9.89. The number of hydrogen-bond donors (Lipinski definition) is 2. The van der Waals surface area contributed by atoms with Gasteiger partial charge >= 0.3 is 0 Å². The van der Waals surface area contributed by atoms with Crippen LogP contribution in [0.25, 0.3) is 10.6 Å². The molecular weight excluding hydrogens is 543 g/mol. The first kappa shape index (κ1) is 22.2. The van der Waals surface area contributed by atoms with E-state index >= 15 is 0 Å². The van der Waals surface area contributed by atoms with Crippen molar-refractivity contribution in [2.45, 2.75) is 20.4 Å². The summed E-state index contributed by atoms with van der Waals surface area (Å²) in [5.74, 6) is -0.320. The number of rotatable bonds is 6. The zero-order chi connectivity index (χ0) is 22.1. The predicted octanol–water partition coefficient (Wildman–Crippen LogP) is 6.86. The van der Waals surface area contributed by atoms with Gasteiger partial charge in [-0.3, -0.25) is 14.8 Å². The van der Waals surface area contributed by atoms with Crippen LogP contribution >= 0.6 is 61.8 Å². The van der Waals surface area contributed by atoms with E-state index in [0.717, 1.165) is 22.0 Å². The van der Waals surface area contributed by atoms with E-state index < -0.39 is 0 Å². The summed E-state index contributed by atoms with van der Waals surface area (Å²) in [5.41, 5.74) is 2.67. The Morgan fingerprint density at radius 2 is 2.03 bits per heavy atom. The van der Waals surface area contributed by atoms with Crippen molar-refractivity contribution in [1.29, 1.82) is 0 Å². The second kappa shape index (κ2) is 9.25. The summed E-state index contributed by atoms with van der Waals surface area (Å²) in [6.45, 7) is 4.51. The first-order chi connectivity index (χ1) is 14.8. The summed E-state index contributed by atoms with van der Waals surface area (Å²) >= 11 is 18.2. The van der Waals surface area contributed by atoms with Crippen LogP contribution in [0.15, 0.2) is 34.2 Å². The molecule has 0 fully saturated rings. The first-order valence-corrected chi connectivity index (χ1v) is 12.3. The molecule has 0 saturated carbocycles. The molecule has 1 aromatic carbocycles. The van der Waals surface area contributed by atoms with Gasteiger partial charge in [-0.1, -0.05) is 34.5 Å². The van der Waals surface area contributed by atoms with Crippen LogP contribution in [0.1, 0.15) is 23.1 Å². The van der Waals surface area contributed by atoms with E-state index in [1.54, 1.807) is 23.0 Å². The molecule has 0 bridgehead atoms. The van der Waals surface area contributed by atoms with Crippen LogP contribution in [0, 0.1) is 6.92 Å². The van der Waals surface area contributed by atoms with Gasteiger partial charge in [-0.2, -0.15) is 5.10 Å². The average molecular weight is 558 g/mol. The Morgan fingerprint density at radius 1 is 1.23 bits per heavy atom. The Hall–Kier alpha value is -1.98. The highest BCUT2D eigenvalue weighted by molar-refractivity contribution is 9.10. The molecule has 0 radical (unpaired) electrons. The molecule has 4 rings (SSSR count). The zero-order valence-electron chi connectivity index (χ0n) is 16.2. The molecule has 0 aliphatic heterocycles. The van der Waals surface area contributed by atoms with Gasteiger partial charge in [0.15, 0.2) is 16.0 Å². The number of hydrogen-bond acceptors (Lipinski definition) is 7. The molecule has 0 aliphatic rings. The maximum absolute atomic E-state index is 12.6. The van der Waals surface area contributed by atoms with Crippen LogP contribution in [0.3, 0.4) is 0 Å². The van der Waals surface area contributed by atoms with Crippen LogP contribution in [0.4, 0.5) is 16.0 Å². The molecular formula is C19H15BrCl2N6OS2. The largest absolute Gasteiger partial charge is 0.331 e. The number of aryl methyl sites for hydroxylation is 2. The van der Waals surface area contributed by atoms with Crippen LogP contribution in [0.5, 0.6) is 0 Å². The van der Waals surface area contributed by atoms with Crippen LogP contribution in [-0.2, 0) is 6.54 Å². The van der Waals surface area contributed by atoms with Gasteiger partial charge in [0.25, 0.3) is 5.91 Å². The summed E-state index contributed by atoms with van der Waals surface area (Å²) in [5, 5.41) is 14.4. The third-order valence-electron chi connectivity index (χ3n) is 4.18. The van der Waals surface area contributed by atoms with Gasteiger partial charge < -0.3 is 5.32 Å². The molecule has 0 aliphatic carbocycles. The lowest BCUT2D eigenvalue weighted by molar-refractivity contribution is 0.102. The first-order valence-electron chi connectivity index (χ1n) is 9.03. The Morgan fingerprint density at radius 3 is 2.74 bits per heavy atom. The van der Waals surface area contributed by atoms with E-state index in [2.05, 4.69) is 41.6 Å². The third-order valence-corrected chi connectivity index (χ3v) is 7.35. The third kappa shape index (κ3) is 4.93. The van der Waals surface area contributed by atoms with Gasteiger partial charge in [-0.25, -0.2) is 9.97 Å². The Balaban J connectivity index is 1.50. The predicted molar refractivity (Wildman–Crippen MR) is 131 cm³/mol. The van der Waals surface area contributed by atoms with Crippen molar-refractivity contribution >= 4 is 83.7 Å². The topological polar surface area (TPSA) is 84.7 Å². The maximum Gasteiger partial charge on any atom is 0.279 e. The number of carbonyl (C=O) groups excluding carboxylic acids is 1. The number of nitrogens with one attached hydrogen (secondary N) is 2. The minimum atomic E-state index is -0.320. The highest BCUT2D eigenvalue weighted by Gasteiger charge is 2.19. The minimum absolute atomic E-state index is 0.318. The molecule has 7 nitrogen and oxygen atoms in total. The van der Waals surface area contributed by atoms with E-state index in [9.17, 15) is 4.79 Å². The maximum atomic E-state index is 12.6. The lowest BCUT2D eigenvalue weighted by Crippen LogP contribution is -2.13. The molecule has 2 N–H and O–H groups in total. The summed E-state index contributed by atoms with van der Waals surface area (Å²) in [7, 11) is 0. The number of amides is 1. The number of halogens is 3. The van der Waals surface area contributed by atoms with Crippen molar-refractivity contribution in [3.63, 3.8) is 0 Å². The smallest absolute Gasteiger partial charge is 0.279 e. The number of anilines is 3. The van der Waals surface area contributed by atoms with Gasteiger partial charge in [0.1, 0.15) is 0 Å². The molecule has 3 aromatic heterocycles. The molecule has 0 unspecified atom stereocenters. The van der Waals surface area contributed by atoms with Gasteiger partial charge in [-0.15, -0.1) is 11.3 Å². The van der Waals surface area contributed by atoms with Crippen LogP contribution < -0.4 is 10.6 Å². The Labute approximate surface area is 204 Å². The van der Waals surface area contributed by atoms with Crippen molar-refractivity contribution in [1.82, 2.24) is 19.7 Å². The molecule has 1 amide bonds. The molecule has 0 spiro atoms. The van der Waals surface area contributed by atoms with Gasteiger partial charge in [-0.05, 0) is 48.0 Å². The normalized spacial score (nSPS) is 11.0. The van der Waals surface area contributed by atoms with Gasteiger partial charge in [0, 0.05) is 23.8 Å². The summed E-state index contributed by atoms with van der Waals surface area (Å²) in [6, 6.07) is 5.30. The highest BCUT2D eigenvalue weighted by atomic mass is 79.9. The quantitative estimate of drug-likeness (QED) is 0.270. The zero-order valence-corrected chi connectivity index (χ0v) is 21.0. The number of carbonyl (C=O) groups is 1. The fourth-order valence-electron chi connectivity index (χ4n) is 2.69. The van der Waals surface area contributed by atoms with Crippen LogP contribution in [-0.4, -0.2) is 25.7 Å². The number of thiazole rings is 2. The minimum Gasteiger partial charge on any atom is -0.331 e. The number of benzene rings is 1. The number of aromatic nitrogens is 4. The van der Waals surface area contributed by atoms with E-state index in [1.807, 2.05) is 25.3 Å². The SMILES string of the molecule is CCn1cc(Br)c(C(=O)Nc2nc(C)c(-c3csc(Nc4ccc(Cl)c(Cl)c4)n3)s2)n1. The average Bonchev–Trinajstić information content (AvgIpc) is 3.43. The highest BCUT2D eigenvalue weighted by Crippen LogP contribution is 2.36. The standard InChI is InChI=1S/C19H15BrCl2N6OS2/c1-3-28-7-11(20)15(27-28)17(29)26-19-23-9(2)16(31-19)14-8-30-18(25-14)24-10-4-5-12(21)13(22)6-10/h4-8H,3H2,1-2H3,(H,24,25)(H,23,26,29). The Bertz CT molecular complexity index is 1270. The molecule has 0 saturated heterocycles. The van der Waals surface area contributed by atoms with E-state index in [0.29, 0.717) is 37.0 Å². The van der Waals surface area contributed by atoms with Crippen molar-refractivity contribution in [3.05, 3.63) is 55.7 Å². The van der Waals surface area contributed by atoms with E-state index in [4.69, 9.17) is 23.2 Å². The van der Waals surface area contributed by atoms with Crippen molar-refractivity contribution < 1.29 is 4.79 Å². The fourth-order valence-corrected chi connectivity index (χ4v) is 5.20. The summed E-state index contributed by atoms with van der Waals surface area (Å²) in [6.07, 6.45) is 1.77. The van der Waals surface area contributed by atoms with E-state index in [-0.39, 0.29) is 5.91 Å². The lowest BCUT2D eigenvalue weighted by Gasteiger charge is -2.03. The summed E-state index contributed by atoms with van der Waals surface area (Å²) in [4.78, 5) is 22.6. The van der Waals surface area contributed by atoms with Gasteiger partial charge in [0.2, 0.25) is 0 Å². The van der Waals surface area contributed by atoms with Crippen LogP contribution in [0.2, 0.25) is 10.0 Å². The lowest BCUT2D eigenvalue weighted by atomic mass is 10.3. The molecule has 160 valence electrons. The monoisotopic (exact) mass is 556 g/mol. The van der Waals surface area contributed by atoms with Gasteiger partial charge in [0.05, 0.1) is 30.8 Å². The molecule has 31 heavy (non-hydrogen) atoms. The Kier molecular flexibility index (Phi) is 6.63. The molecule has 4 aromatic rings. The molecule has 3 heterocycles. The second-order valence-electron chi connectivity index (χ2n) is 6.36. The van der Waals surface area contributed by atoms with Crippen molar-refractivity contribution in [2.24, 2.45) is 0 Å².